The molecule has 0 heterocycles. The first-order valence-corrected chi connectivity index (χ1v) is 11.9. The predicted molar refractivity (Wildman–Crippen MR) is 120 cm³/mol. The molecular formula is C24H45NO5. The molecule has 2 unspecified atom stereocenters. The maximum absolute atomic E-state index is 12.6. The van der Waals surface area contributed by atoms with Gasteiger partial charge >= 0.3 is 11.9 Å². The molecule has 6 nitrogen and oxygen atoms in total. The molecule has 2 atom stereocenters. The van der Waals surface area contributed by atoms with Crippen LogP contribution in [0.25, 0.3) is 0 Å². The summed E-state index contributed by atoms with van der Waals surface area (Å²) in [5, 5.41) is 0. The van der Waals surface area contributed by atoms with E-state index >= 15 is 0 Å². The van der Waals surface area contributed by atoms with Gasteiger partial charge in [-0.15, -0.1) is 0 Å². The summed E-state index contributed by atoms with van der Waals surface area (Å²) in [6.07, 6.45) is 11.9. The van der Waals surface area contributed by atoms with Gasteiger partial charge < -0.3 is 14.4 Å². The zero-order valence-electron chi connectivity index (χ0n) is 20.0. The number of unbranched alkanes of at least 4 members (excludes halogenated alkanes) is 5. The first-order valence-electron chi connectivity index (χ1n) is 11.9. The minimum absolute atomic E-state index is 0.0127. The number of amides is 1. The first kappa shape index (κ1) is 28.4. The van der Waals surface area contributed by atoms with E-state index < -0.39 is 0 Å². The number of carbonyl (C=O) groups is 3. The van der Waals surface area contributed by atoms with Gasteiger partial charge in [-0.1, -0.05) is 39.0 Å². The van der Waals surface area contributed by atoms with Crippen molar-refractivity contribution in [3.8, 4) is 0 Å². The van der Waals surface area contributed by atoms with Gasteiger partial charge in [-0.2, -0.15) is 0 Å². The molecule has 0 bridgehead atoms. The van der Waals surface area contributed by atoms with E-state index in [1.165, 1.54) is 6.92 Å². The van der Waals surface area contributed by atoms with Crippen molar-refractivity contribution in [3.63, 3.8) is 0 Å². The SMILES string of the molecule is CCCCCC(CCCC(CCCCCCC(=O)OCC)C(=O)N(C)C)OC(C)=O. The molecule has 0 N–H and O–H groups in total. The van der Waals surface area contributed by atoms with Gasteiger partial charge in [0.25, 0.3) is 0 Å². The Bertz CT molecular complexity index is 478. The third-order valence-corrected chi connectivity index (χ3v) is 5.32. The lowest BCUT2D eigenvalue weighted by Crippen LogP contribution is -2.30. The van der Waals surface area contributed by atoms with Crippen LogP contribution in [0, 0.1) is 5.92 Å². The van der Waals surface area contributed by atoms with Gasteiger partial charge in [0, 0.05) is 33.4 Å². The Labute approximate surface area is 184 Å². The van der Waals surface area contributed by atoms with Gasteiger partial charge in [-0.3, -0.25) is 14.4 Å². The van der Waals surface area contributed by atoms with Crippen molar-refractivity contribution in [1.29, 1.82) is 0 Å². The van der Waals surface area contributed by atoms with Crippen molar-refractivity contribution in [2.75, 3.05) is 20.7 Å². The molecule has 0 aliphatic heterocycles. The molecule has 0 aliphatic carbocycles. The molecule has 0 aliphatic rings. The van der Waals surface area contributed by atoms with Gasteiger partial charge in [0.15, 0.2) is 0 Å². The summed E-state index contributed by atoms with van der Waals surface area (Å²) in [4.78, 5) is 37.0. The Kier molecular flexibility index (Phi) is 17.2. The van der Waals surface area contributed by atoms with E-state index in [1.54, 1.807) is 19.0 Å². The number of hydrogen-bond acceptors (Lipinski definition) is 5. The fourth-order valence-electron chi connectivity index (χ4n) is 3.71. The van der Waals surface area contributed by atoms with Crippen LogP contribution in [-0.4, -0.2) is 49.6 Å². The monoisotopic (exact) mass is 427 g/mol. The first-order chi connectivity index (χ1) is 14.3. The highest BCUT2D eigenvalue weighted by atomic mass is 16.5. The Hall–Kier alpha value is -1.59. The van der Waals surface area contributed by atoms with Crippen LogP contribution in [0.4, 0.5) is 0 Å². The van der Waals surface area contributed by atoms with Crippen LogP contribution in [0.5, 0.6) is 0 Å². The zero-order chi connectivity index (χ0) is 22.8. The van der Waals surface area contributed by atoms with Crippen molar-refractivity contribution in [3.05, 3.63) is 0 Å². The maximum atomic E-state index is 12.6. The Balaban J connectivity index is 4.35. The topological polar surface area (TPSA) is 72.9 Å². The third-order valence-electron chi connectivity index (χ3n) is 5.32. The largest absolute Gasteiger partial charge is 0.466 e. The van der Waals surface area contributed by atoms with Crippen molar-refractivity contribution in [2.45, 2.75) is 110 Å². The smallest absolute Gasteiger partial charge is 0.305 e. The summed E-state index contributed by atoms with van der Waals surface area (Å²) in [7, 11) is 3.61. The lowest BCUT2D eigenvalue weighted by atomic mass is 9.92. The molecule has 0 fully saturated rings. The fraction of sp³-hybridized carbons (Fsp3) is 0.875. The van der Waals surface area contributed by atoms with Gasteiger partial charge in [-0.25, -0.2) is 0 Å². The average Bonchev–Trinajstić information content (AvgIpc) is 2.68. The van der Waals surface area contributed by atoms with E-state index in [-0.39, 0.29) is 29.9 Å². The normalized spacial score (nSPS) is 12.8. The molecule has 30 heavy (non-hydrogen) atoms. The van der Waals surface area contributed by atoms with Crippen molar-refractivity contribution < 1.29 is 23.9 Å². The van der Waals surface area contributed by atoms with Gasteiger partial charge in [-0.05, 0) is 51.9 Å². The molecule has 0 spiro atoms. The summed E-state index contributed by atoms with van der Waals surface area (Å²) in [5.41, 5.74) is 0. The van der Waals surface area contributed by atoms with Crippen LogP contribution in [0.15, 0.2) is 0 Å². The molecule has 0 rings (SSSR count). The molecule has 0 radical (unpaired) electrons. The van der Waals surface area contributed by atoms with Crippen LogP contribution in [0.2, 0.25) is 0 Å². The minimum atomic E-state index is -0.222. The summed E-state index contributed by atoms with van der Waals surface area (Å²) >= 11 is 0. The number of rotatable bonds is 18. The highest BCUT2D eigenvalue weighted by Gasteiger charge is 2.21. The number of nitrogens with zero attached hydrogens (tertiary/aromatic N) is 1. The quantitative estimate of drug-likeness (QED) is 0.220. The standard InChI is InChI=1S/C24H45NO5/c1-6-8-11-17-22(30-20(3)26)18-14-16-21(24(28)25(4)5)15-12-9-10-13-19-23(27)29-7-2/h21-22H,6-19H2,1-5H3. The second kappa shape index (κ2) is 18.2. The Morgan fingerprint density at radius 1 is 0.800 bits per heavy atom. The second-order valence-corrected chi connectivity index (χ2v) is 8.35. The fourth-order valence-corrected chi connectivity index (χ4v) is 3.71. The van der Waals surface area contributed by atoms with Crippen LogP contribution in [-0.2, 0) is 23.9 Å². The molecule has 0 aromatic rings. The van der Waals surface area contributed by atoms with E-state index in [4.69, 9.17) is 9.47 Å². The maximum Gasteiger partial charge on any atom is 0.305 e. The van der Waals surface area contributed by atoms with Gasteiger partial charge in [0.05, 0.1) is 6.61 Å². The van der Waals surface area contributed by atoms with E-state index in [2.05, 4.69) is 6.92 Å². The van der Waals surface area contributed by atoms with Gasteiger partial charge in [0.1, 0.15) is 6.10 Å². The van der Waals surface area contributed by atoms with E-state index in [0.717, 1.165) is 77.0 Å². The van der Waals surface area contributed by atoms with Crippen LogP contribution in [0.3, 0.4) is 0 Å². The predicted octanol–water partition coefficient (Wildman–Crippen LogP) is 5.28. The summed E-state index contributed by atoms with van der Waals surface area (Å²) in [6.45, 7) is 5.88. The number of ether oxygens (including phenoxy) is 2. The van der Waals surface area contributed by atoms with Crippen LogP contribution >= 0.6 is 0 Å². The van der Waals surface area contributed by atoms with Gasteiger partial charge in [0.2, 0.25) is 5.91 Å². The van der Waals surface area contributed by atoms with Crippen LogP contribution in [0.1, 0.15) is 104 Å². The second-order valence-electron chi connectivity index (χ2n) is 8.35. The molecule has 0 saturated carbocycles. The number of carbonyl (C=O) groups excluding carboxylic acids is 3. The molecule has 6 heteroatoms. The molecule has 0 aromatic carbocycles. The lowest BCUT2D eigenvalue weighted by Gasteiger charge is -2.22. The zero-order valence-corrected chi connectivity index (χ0v) is 20.0. The van der Waals surface area contributed by atoms with Crippen molar-refractivity contribution >= 4 is 17.8 Å². The van der Waals surface area contributed by atoms with Crippen LogP contribution < -0.4 is 0 Å². The summed E-state index contributed by atoms with van der Waals surface area (Å²) in [5.74, 6) is -0.158. The minimum Gasteiger partial charge on any atom is -0.466 e. The Morgan fingerprint density at radius 3 is 2.00 bits per heavy atom. The molecule has 1 amide bonds. The third kappa shape index (κ3) is 15.3. The highest BCUT2D eigenvalue weighted by molar-refractivity contribution is 5.78. The lowest BCUT2D eigenvalue weighted by molar-refractivity contribution is -0.147. The van der Waals surface area contributed by atoms with E-state index in [1.807, 2.05) is 6.92 Å². The molecule has 0 saturated heterocycles. The van der Waals surface area contributed by atoms with E-state index in [9.17, 15) is 14.4 Å². The summed E-state index contributed by atoms with van der Waals surface area (Å²) < 4.78 is 10.4. The molecular weight excluding hydrogens is 382 g/mol. The Morgan fingerprint density at radius 2 is 1.40 bits per heavy atom. The number of esters is 2. The highest BCUT2D eigenvalue weighted by Crippen LogP contribution is 2.22. The number of hydrogen-bond donors (Lipinski definition) is 0. The molecule has 176 valence electrons. The molecule has 0 aromatic heterocycles. The van der Waals surface area contributed by atoms with E-state index in [0.29, 0.717) is 13.0 Å². The average molecular weight is 428 g/mol. The van der Waals surface area contributed by atoms with Crippen molar-refractivity contribution in [2.24, 2.45) is 5.92 Å². The van der Waals surface area contributed by atoms with Crippen molar-refractivity contribution in [1.82, 2.24) is 4.90 Å². The summed E-state index contributed by atoms with van der Waals surface area (Å²) in [6, 6.07) is 0.